The highest BCUT2D eigenvalue weighted by atomic mass is 32.2. The average Bonchev–Trinajstić information content (AvgIpc) is 2.62. The van der Waals surface area contributed by atoms with E-state index in [9.17, 15) is 17.6 Å². The van der Waals surface area contributed by atoms with Crippen molar-refractivity contribution in [2.24, 2.45) is 10.7 Å². The number of carbonyl (C=O) groups is 1. The minimum Gasteiger partial charge on any atom is -0.386 e. The molecule has 0 fully saturated rings. The topological polar surface area (TPSA) is 102 Å². The number of carbonyl (C=O) groups excluding carboxylic acids is 1. The number of nitrogens with zero attached hydrogens (tertiary/aromatic N) is 2. The van der Waals surface area contributed by atoms with Gasteiger partial charge in [-0.3, -0.25) is 14.8 Å². The van der Waals surface area contributed by atoms with E-state index in [0.717, 1.165) is 17.7 Å². The van der Waals surface area contributed by atoms with Crippen molar-refractivity contribution in [1.82, 2.24) is 4.98 Å². The van der Waals surface area contributed by atoms with E-state index in [1.165, 1.54) is 33.0 Å². The molecule has 1 atom stereocenters. The van der Waals surface area contributed by atoms with Crippen molar-refractivity contribution in [3.8, 4) is 0 Å². The van der Waals surface area contributed by atoms with Gasteiger partial charge in [0.05, 0.1) is 11.3 Å². The third-order valence-corrected chi connectivity index (χ3v) is 8.20. The minimum absolute atomic E-state index is 0.0731. The van der Waals surface area contributed by atoms with E-state index in [4.69, 9.17) is 5.73 Å². The van der Waals surface area contributed by atoms with E-state index >= 15 is 4.39 Å². The number of pyridine rings is 1. The predicted molar refractivity (Wildman–Crippen MR) is 110 cm³/mol. The van der Waals surface area contributed by atoms with E-state index in [1.807, 2.05) is 6.92 Å². The number of aliphatic imine (C=N–C) groups is 1. The van der Waals surface area contributed by atoms with Gasteiger partial charge in [0.15, 0.2) is 15.6 Å². The summed E-state index contributed by atoms with van der Waals surface area (Å²) in [6.45, 7) is 5.94. The maximum absolute atomic E-state index is 15.4. The summed E-state index contributed by atoms with van der Waals surface area (Å²) < 4.78 is 54.1. The van der Waals surface area contributed by atoms with Crippen LogP contribution in [0.25, 0.3) is 0 Å². The highest BCUT2D eigenvalue weighted by molar-refractivity contribution is 7.93. The molecule has 1 aromatic carbocycles. The van der Waals surface area contributed by atoms with Crippen LogP contribution in [-0.2, 0) is 21.8 Å². The van der Waals surface area contributed by atoms with E-state index in [1.54, 1.807) is 6.07 Å². The Balaban J connectivity index is 2.06. The van der Waals surface area contributed by atoms with Gasteiger partial charge in [0.1, 0.15) is 33.4 Å². The van der Waals surface area contributed by atoms with Crippen LogP contribution in [0, 0.1) is 18.6 Å². The lowest BCUT2D eigenvalue weighted by atomic mass is 9.90. The molecule has 160 valence electrons. The molecule has 2 N–H and O–H groups in total. The smallest absolute Gasteiger partial charge is 0.185 e. The summed E-state index contributed by atoms with van der Waals surface area (Å²) in [5, 5.41) is 0. The molecule has 3 rings (SSSR count). The first kappa shape index (κ1) is 22.0. The average molecular weight is 435 g/mol. The fourth-order valence-corrected chi connectivity index (χ4v) is 5.07. The first-order valence-electron chi connectivity index (χ1n) is 9.30. The van der Waals surface area contributed by atoms with Crippen LogP contribution in [0.4, 0.5) is 8.78 Å². The van der Waals surface area contributed by atoms with Crippen molar-refractivity contribution in [1.29, 1.82) is 0 Å². The Kier molecular flexibility index (Phi) is 5.30. The minimum atomic E-state index is -3.85. The summed E-state index contributed by atoms with van der Waals surface area (Å²) in [4.78, 5) is 20.7. The summed E-state index contributed by atoms with van der Waals surface area (Å²) >= 11 is 0. The lowest BCUT2D eigenvalue weighted by molar-refractivity contribution is 0.0987. The van der Waals surface area contributed by atoms with Gasteiger partial charge in [-0.05, 0) is 51.0 Å². The highest BCUT2D eigenvalue weighted by Gasteiger charge is 2.50. The standard InChI is InChI=1S/C21H23F2N3O3S/c1-12-5-8-15(25-10-12)16(27)9-13-6-7-14(22)17(18(13)23)21(4)11-30(28,29)20(2,3)19(24)26-21/h5-8,10H,9,11H2,1-4H3,(H2,24,26)/t21-/m0/s1. The van der Waals surface area contributed by atoms with Gasteiger partial charge in [0, 0.05) is 12.6 Å². The molecular formula is C21H23F2N3O3S. The molecule has 0 saturated carbocycles. The lowest BCUT2D eigenvalue weighted by Gasteiger charge is -2.38. The number of nitrogens with two attached hydrogens (primary N) is 1. The fourth-order valence-electron chi connectivity index (χ4n) is 3.39. The number of hydrogen-bond acceptors (Lipinski definition) is 6. The zero-order valence-corrected chi connectivity index (χ0v) is 18.0. The van der Waals surface area contributed by atoms with E-state index in [2.05, 4.69) is 9.98 Å². The van der Waals surface area contributed by atoms with Crippen molar-refractivity contribution in [3.05, 3.63) is 64.5 Å². The summed E-state index contributed by atoms with van der Waals surface area (Å²) in [5.74, 6) is -3.24. The number of aryl methyl sites for hydroxylation is 1. The molecule has 0 spiro atoms. The van der Waals surface area contributed by atoms with E-state index < -0.39 is 48.9 Å². The molecule has 1 aromatic heterocycles. The Bertz CT molecular complexity index is 1160. The van der Waals surface area contributed by atoms with Gasteiger partial charge in [-0.25, -0.2) is 17.2 Å². The first-order chi connectivity index (χ1) is 13.8. The fraction of sp³-hybridized carbons (Fsp3) is 0.381. The molecule has 1 aliphatic heterocycles. The maximum Gasteiger partial charge on any atom is 0.185 e. The van der Waals surface area contributed by atoms with Crippen LogP contribution in [-0.4, -0.2) is 35.5 Å². The third-order valence-electron chi connectivity index (χ3n) is 5.49. The molecule has 9 heteroatoms. The Morgan fingerprint density at radius 1 is 1.17 bits per heavy atom. The number of rotatable bonds is 4. The number of ketones is 1. The lowest BCUT2D eigenvalue weighted by Crippen LogP contribution is -2.55. The number of amidine groups is 1. The zero-order chi connectivity index (χ0) is 22.5. The molecular weight excluding hydrogens is 412 g/mol. The Labute approximate surface area is 174 Å². The van der Waals surface area contributed by atoms with Crippen LogP contribution in [0.5, 0.6) is 0 Å². The van der Waals surface area contributed by atoms with Gasteiger partial charge >= 0.3 is 0 Å². The van der Waals surface area contributed by atoms with Crippen LogP contribution in [0.2, 0.25) is 0 Å². The SMILES string of the molecule is Cc1ccc(C(=O)Cc2ccc(F)c([C@]3(C)CS(=O)(=O)C(C)(C)C(N)=N3)c2F)nc1. The van der Waals surface area contributed by atoms with Crippen molar-refractivity contribution in [2.45, 2.75) is 44.4 Å². The summed E-state index contributed by atoms with van der Waals surface area (Å²) in [6, 6.07) is 5.41. The van der Waals surface area contributed by atoms with Gasteiger partial charge in [0.25, 0.3) is 0 Å². The molecule has 0 unspecified atom stereocenters. The molecule has 2 heterocycles. The van der Waals surface area contributed by atoms with Crippen LogP contribution in [0.1, 0.15) is 48.0 Å². The molecule has 0 bridgehead atoms. The normalized spacial score (nSPS) is 22.4. The monoisotopic (exact) mass is 435 g/mol. The molecule has 0 amide bonds. The summed E-state index contributed by atoms with van der Waals surface area (Å²) in [7, 11) is -3.85. The van der Waals surface area contributed by atoms with Gasteiger partial charge < -0.3 is 5.73 Å². The summed E-state index contributed by atoms with van der Waals surface area (Å²) in [6.07, 6.45) is 1.16. The first-order valence-corrected chi connectivity index (χ1v) is 10.9. The van der Waals surface area contributed by atoms with E-state index in [-0.39, 0.29) is 23.5 Å². The van der Waals surface area contributed by atoms with Crippen molar-refractivity contribution >= 4 is 21.5 Å². The molecule has 6 nitrogen and oxygen atoms in total. The molecule has 2 aromatic rings. The number of benzene rings is 1. The zero-order valence-electron chi connectivity index (χ0n) is 17.2. The van der Waals surface area contributed by atoms with Gasteiger partial charge in [-0.1, -0.05) is 12.1 Å². The third kappa shape index (κ3) is 3.62. The van der Waals surface area contributed by atoms with Gasteiger partial charge in [-0.2, -0.15) is 0 Å². The number of hydrogen-bond donors (Lipinski definition) is 1. The molecule has 0 radical (unpaired) electrons. The van der Waals surface area contributed by atoms with Crippen molar-refractivity contribution in [3.63, 3.8) is 0 Å². The Hall–Kier alpha value is -2.68. The Morgan fingerprint density at radius 3 is 2.40 bits per heavy atom. The number of halogens is 2. The number of sulfone groups is 1. The second-order valence-corrected chi connectivity index (χ2v) is 10.8. The summed E-state index contributed by atoms with van der Waals surface area (Å²) in [5.41, 5.74) is 4.54. The largest absolute Gasteiger partial charge is 0.386 e. The van der Waals surface area contributed by atoms with Crippen LogP contribution in [0.3, 0.4) is 0 Å². The van der Waals surface area contributed by atoms with Crippen LogP contribution < -0.4 is 5.73 Å². The molecule has 0 aliphatic carbocycles. The van der Waals surface area contributed by atoms with Crippen LogP contribution >= 0.6 is 0 Å². The van der Waals surface area contributed by atoms with Gasteiger partial charge in [0.2, 0.25) is 0 Å². The predicted octanol–water partition coefficient (Wildman–Crippen LogP) is 2.87. The maximum atomic E-state index is 15.4. The molecule has 30 heavy (non-hydrogen) atoms. The number of aromatic nitrogens is 1. The van der Waals surface area contributed by atoms with Crippen molar-refractivity contribution in [2.75, 3.05) is 5.75 Å². The van der Waals surface area contributed by atoms with Gasteiger partial charge in [-0.15, -0.1) is 0 Å². The molecule has 1 aliphatic rings. The quantitative estimate of drug-likeness (QED) is 0.744. The highest BCUT2D eigenvalue weighted by Crippen LogP contribution is 2.39. The second kappa shape index (κ2) is 7.23. The number of Topliss-reactive ketones (excluding diaryl/α,β-unsaturated/α-hetero) is 1. The van der Waals surface area contributed by atoms with Crippen LogP contribution in [0.15, 0.2) is 35.5 Å². The molecule has 0 saturated heterocycles. The van der Waals surface area contributed by atoms with E-state index in [0.29, 0.717) is 0 Å². The van der Waals surface area contributed by atoms with Crippen molar-refractivity contribution < 1.29 is 22.0 Å². The Morgan fingerprint density at radius 2 is 1.83 bits per heavy atom. The second-order valence-electron chi connectivity index (χ2n) is 8.26.